The Kier molecular flexibility index (Phi) is 5.03. The van der Waals surface area contributed by atoms with E-state index in [9.17, 15) is 4.79 Å². The number of carbonyl (C=O) groups excluding carboxylic acids is 1. The first-order chi connectivity index (χ1) is 12.3. The number of piperazine rings is 1. The lowest BCUT2D eigenvalue weighted by molar-refractivity contribution is 0.0744. The molecule has 1 aliphatic rings. The van der Waals surface area contributed by atoms with E-state index in [0.29, 0.717) is 24.8 Å². The van der Waals surface area contributed by atoms with Crippen LogP contribution in [-0.4, -0.2) is 47.0 Å². The summed E-state index contributed by atoms with van der Waals surface area (Å²) in [5.41, 5.74) is 2.65. The van der Waals surface area contributed by atoms with E-state index in [1.807, 2.05) is 38.7 Å². The van der Waals surface area contributed by atoms with Crippen LogP contribution in [0, 0.1) is 27.7 Å². The third kappa shape index (κ3) is 3.45. The molecule has 6 nitrogen and oxygen atoms in total. The van der Waals surface area contributed by atoms with Crippen LogP contribution in [0.4, 0.5) is 5.82 Å². The summed E-state index contributed by atoms with van der Waals surface area (Å²) < 4.78 is 5.62. The first kappa shape index (κ1) is 18.4. The van der Waals surface area contributed by atoms with Gasteiger partial charge in [0.2, 0.25) is 0 Å². The van der Waals surface area contributed by atoms with Gasteiger partial charge in [0.25, 0.3) is 5.91 Å². The molecule has 0 radical (unpaired) electrons. The Morgan fingerprint density at radius 3 is 2.23 bits per heavy atom. The minimum Gasteiger partial charge on any atom is -0.466 e. The van der Waals surface area contributed by atoms with E-state index in [-0.39, 0.29) is 5.91 Å². The zero-order valence-corrected chi connectivity index (χ0v) is 16.6. The molecule has 1 saturated heterocycles. The number of aryl methyl sites for hydroxylation is 3. The summed E-state index contributed by atoms with van der Waals surface area (Å²) >= 11 is 0. The number of rotatable bonds is 3. The maximum Gasteiger partial charge on any atom is 0.257 e. The summed E-state index contributed by atoms with van der Waals surface area (Å²) in [4.78, 5) is 26.3. The number of amides is 1. The Morgan fingerprint density at radius 2 is 1.69 bits per heavy atom. The first-order valence-electron chi connectivity index (χ1n) is 9.24. The van der Waals surface area contributed by atoms with Crippen molar-refractivity contribution >= 4 is 11.7 Å². The molecule has 2 aromatic rings. The fourth-order valence-electron chi connectivity index (χ4n) is 3.40. The van der Waals surface area contributed by atoms with Crippen LogP contribution in [0.3, 0.4) is 0 Å². The molecule has 1 aliphatic heterocycles. The van der Waals surface area contributed by atoms with Gasteiger partial charge in [-0.15, -0.1) is 0 Å². The van der Waals surface area contributed by atoms with Crippen LogP contribution in [0.1, 0.15) is 58.7 Å². The van der Waals surface area contributed by atoms with E-state index in [4.69, 9.17) is 9.40 Å². The first-order valence-corrected chi connectivity index (χ1v) is 9.24. The summed E-state index contributed by atoms with van der Waals surface area (Å²) in [6.07, 6.45) is 0. The zero-order valence-electron chi connectivity index (χ0n) is 16.6. The van der Waals surface area contributed by atoms with E-state index in [2.05, 4.69) is 23.7 Å². The van der Waals surface area contributed by atoms with Crippen molar-refractivity contribution < 1.29 is 9.21 Å². The van der Waals surface area contributed by atoms with Gasteiger partial charge in [-0.2, -0.15) is 0 Å². The van der Waals surface area contributed by atoms with Crippen LogP contribution in [-0.2, 0) is 0 Å². The SMILES string of the molecule is Cc1cc(N2CCN(C(=O)c3c(C)oc(C)c3C)CC2)nc(C(C)C)n1. The molecule has 0 atom stereocenters. The molecular weight excluding hydrogens is 328 g/mol. The highest BCUT2D eigenvalue weighted by molar-refractivity contribution is 5.97. The second-order valence-corrected chi connectivity index (χ2v) is 7.37. The van der Waals surface area contributed by atoms with E-state index in [1.165, 1.54) is 0 Å². The second kappa shape index (κ2) is 7.09. The average molecular weight is 356 g/mol. The Labute approximate surface area is 155 Å². The summed E-state index contributed by atoms with van der Waals surface area (Å²) in [5.74, 6) is 3.73. The Hall–Kier alpha value is -2.37. The number of carbonyl (C=O) groups is 1. The molecule has 0 N–H and O–H groups in total. The maximum absolute atomic E-state index is 12.9. The molecule has 0 saturated carbocycles. The average Bonchev–Trinajstić information content (AvgIpc) is 2.86. The monoisotopic (exact) mass is 356 g/mol. The Balaban J connectivity index is 1.72. The third-order valence-electron chi connectivity index (χ3n) is 5.04. The highest BCUT2D eigenvalue weighted by Gasteiger charge is 2.27. The largest absolute Gasteiger partial charge is 0.466 e. The Morgan fingerprint density at radius 1 is 1.04 bits per heavy atom. The number of nitrogens with zero attached hydrogens (tertiary/aromatic N) is 4. The van der Waals surface area contributed by atoms with Crippen molar-refractivity contribution in [2.75, 3.05) is 31.1 Å². The van der Waals surface area contributed by atoms with Crippen molar-refractivity contribution in [1.29, 1.82) is 0 Å². The maximum atomic E-state index is 12.9. The van der Waals surface area contributed by atoms with Crippen molar-refractivity contribution in [3.05, 3.63) is 40.2 Å². The van der Waals surface area contributed by atoms with Crippen LogP contribution >= 0.6 is 0 Å². The molecular formula is C20H28N4O2. The standard InChI is InChI=1S/C20H28N4O2/c1-12(2)19-21-13(3)11-17(22-19)23-7-9-24(10-8-23)20(25)18-14(4)15(5)26-16(18)6/h11-12H,7-10H2,1-6H3. The van der Waals surface area contributed by atoms with Crippen molar-refractivity contribution in [3.8, 4) is 0 Å². The molecule has 3 heterocycles. The summed E-state index contributed by atoms with van der Waals surface area (Å²) in [6, 6.07) is 2.02. The van der Waals surface area contributed by atoms with Crippen molar-refractivity contribution in [1.82, 2.24) is 14.9 Å². The second-order valence-electron chi connectivity index (χ2n) is 7.37. The molecule has 3 rings (SSSR count). The van der Waals surface area contributed by atoms with Crippen LogP contribution in [0.2, 0.25) is 0 Å². The molecule has 140 valence electrons. The molecule has 0 aromatic carbocycles. The fourth-order valence-corrected chi connectivity index (χ4v) is 3.40. The molecule has 0 spiro atoms. The van der Waals surface area contributed by atoms with Crippen molar-refractivity contribution in [2.24, 2.45) is 0 Å². The summed E-state index contributed by atoms with van der Waals surface area (Å²) in [6.45, 7) is 14.8. The van der Waals surface area contributed by atoms with Gasteiger partial charge in [0.15, 0.2) is 0 Å². The lowest BCUT2D eigenvalue weighted by atomic mass is 10.1. The van der Waals surface area contributed by atoms with Crippen molar-refractivity contribution in [2.45, 2.75) is 47.5 Å². The quantitative estimate of drug-likeness (QED) is 0.843. The van der Waals surface area contributed by atoms with Crippen LogP contribution in [0.25, 0.3) is 0 Å². The van der Waals surface area contributed by atoms with Gasteiger partial charge in [-0.25, -0.2) is 9.97 Å². The van der Waals surface area contributed by atoms with Gasteiger partial charge >= 0.3 is 0 Å². The van der Waals surface area contributed by atoms with Gasteiger partial charge < -0.3 is 14.2 Å². The number of aromatic nitrogens is 2. The molecule has 6 heteroatoms. The van der Waals surface area contributed by atoms with Crippen LogP contribution in [0.5, 0.6) is 0 Å². The van der Waals surface area contributed by atoms with E-state index in [1.54, 1.807) is 0 Å². The molecule has 1 amide bonds. The van der Waals surface area contributed by atoms with Gasteiger partial charge in [-0.1, -0.05) is 13.8 Å². The molecule has 2 aromatic heterocycles. The van der Waals surface area contributed by atoms with Gasteiger partial charge in [0.05, 0.1) is 5.56 Å². The fraction of sp³-hybridized carbons (Fsp3) is 0.550. The van der Waals surface area contributed by atoms with E-state index in [0.717, 1.165) is 47.3 Å². The van der Waals surface area contributed by atoms with Gasteiger partial charge in [-0.05, 0) is 27.7 Å². The highest BCUT2D eigenvalue weighted by Crippen LogP contribution is 2.24. The lowest BCUT2D eigenvalue weighted by Crippen LogP contribution is -2.49. The molecule has 0 bridgehead atoms. The minimum absolute atomic E-state index is 0.0678. The van der Waals surface area contributed by atoms with E-state index < -0.39 is 0 Å². The summed E-state index contributed by atoms with van der Waals surface area (Å²) in [5, 5.41) is 0. The van der Waals surface area contributed by atoms with Crippen molar-refractivity contribution in [3.63, 3.8) is 0 Å². The molecule has 0 aliphatic carbocycles. The third-order valence-corrected chi connectivity index (χ3v) is 5.04. The molecule has 1 fully saturated rings. The number of hydrogen-bond donors (Lipinski definition) is 0. The predicted molar refractivity (Wildman–Crippen MR) is 102 cm³/mol. The van der Waals surface area contributed by atoms with Gasteiger partial charge in [-0.3, -0.25) is 4.79 Å². The number of anilines is 1. The number of hydrogen-bond acceptors (Lipinski definition) is 5. The minimum atomic E-state index is 0.0678. The predicted octanol–water partition coefficient (Wildman–Crippen LogP) is 3.39. The smallest absolute Gasteiger partial charge is 0.257 e. The zero-order chi connectivity index (χ0) is 19.0. The molecule has 0 unspecified atom stereocenters. The number of furan rings is 1. The summed E-state index contributed by atoms with van der Waals surface area (Å²) in [7, 11) is 0. The Bertz CT molecular complexity index is 817. The molecule has 26 heavy (non-hydrogen) atoms. The normalized spacial score (nSPS) is 15.0. The topological polar surface area (TPSA) is 62.5 Å². The highest BCUT2D eigenvalue weighted by atomic mass is 16.3. The van der Waals surface area contributed by atoms with Crippen LogP contribution < -0.4 is 4.90 Å². The van der Waals surface area contributed by atoms with Gasteiger partial charge in [0, 0.05) is 49.4 Å². The van der Waals surface area contributed by atoms with Crippen LogP contribution in [0.15, 0.2) is 10.5 Å². The van der Waals surface area contributed by atoms with Gasteiger partial charge in [0.1, 0.15) is 23.2 Å². The van der Waals surface area contributed by atoms with E-state index >= 15 is 0 Å². The lowest BCUT2D eigenvalue weighted by Gasteiger charge is -2.35.